The second kappa shape index (κ2) is 27.7. The summed E-state index contributed by atoms with van der Waals surface area (Å²) in [6.07, 6.45) is 0. The maximum Gasteiger partial charge on any atom is 0.242 e. The van der Waals surface area contributed by atoms with Gasteiger partial charge in [0, 0.05) is 68.2 Å². The first kappa shape index (κ1) is 64.7. The Labute approximate surface area is 611 Å². The average molecular weight is 1340 g/mol. The molecule has 0 saturated carbocycles. The molecule has 0 radical (unpaired) electrons. The summed E-state index contributed by atoms with van der Waals surface area (Å²) in [6, 6.07) is 126. The Morgan fingerprint density at radius 2 is 0.519 bits per heavy atom. The number of hydrogen-bond donors (Lipinski definition) is 0. The molecule has 0 aromatic heterocycles. The number of rotatable bonds is 14. The molecule has 0 spiro atoms. The highest BCUT2D eigenvalue weighted by Gasteiger charge is 2.31. The molecule has 496 valence electrons. The van der Waals surface area contributed by atoms with E-state index in [9.17, 15) is 0 Å². The molecule has 16 aromatic rings. The highest BCUT2D eigenvalue weighted by molar-refractivity contribution is 6.97. The zero-order valence-electron chi connectivity index (χ0n) is 59.4. The largest absolute Gasteiger partial charge is 0.456 e. The van der Waals surface area contributed by atoms with Crippen LogP contribution in [0.1, 0.15) is 33.4 Å². The van der Waals surface area contributed by atoms with Gasteiger partial charge in [0.25, 0.3) is 0 Å². The van der Waals surface area contributed by atoms with E-state index in [-0.39, 0.29) is 13.4 Å². The summed E-state index contributed by atoms with van der Waals surface area (Å²) in [4.78, 5) is 4.55. The van der Waals surface area contributed by atoms with E-state index >= 15 is 0 Å². The van der Waals surface area contributed by atoms with Gasteiger partial charge in [0.05, 0.1) is 0 Å². The van der Waals surface area contributed by atoms with E-state index in [0.717, 1.165) is 79.0 Å². The molecule has 0 bridgehead atoms. The van der Waals surface area contributed by atoms with Gasteiger partial charge in [-0.1, -0.05) is 321 Å². The van der Waals surface area contributed by atoms with Crippen molar-refractivity contribution in [2.24, 2.45) is 0 Å². The van der Waals surface area contributed by atoms with E-state index in [0.29, 0.717) is 0 Å². The van der Waals surface area contributed by atoms with Crippen LogP contribution in [0.3, 0.4) is 0 Å². The smallest absolute Gasteiger partial charge is 0.242 e. The van der Waals surface area contributed by atoms with Gasteiger partial charge < -0.3 is 19.3 Å². The number of para-hydroxylation sites is 4. The average Bonchev–Trinajstić information content (AvgIpc) is 0.645. The molecule has 16 aromatic carbocycles. The topological polar surface area (TPSA) is 24.9 Å². The normalized spacial score (nSPS) is 11.5. The molecule has 0 saturated heterocycles. The second-order valence-corrected chi connectivity index (χ2v) is 27.8. The van der Waals surface area contributed by atoms with E-state index in [4.69, 9.17) is 9.47 Å². The van der Waals surface area contributed by atoms with E-state index in [1.165, 1.54) is 110 Å². The molecule has 0 atom stereocenters. The summed E-state index contributed by atoms with van der Waals surface area (Å²) < 4.78 is 13.5. The first-order valence-electron chi connectivity index (χ1n) is 36.1. The fourth-order valence-corrected chi connectivity index (χ4v) is 16.6. The number of fused-ring (bicyclic) bond motifs is 4. The van der Waals surface area contributed by atoms with Gasteiger partial charge in [-0.15, -0.1) is 0 Å². The molecule has 0 unspecified atom stereocenters. The lowest BCUT2D eigenvalue weighted by molar-refractivity contribution is 0.487. The molecular formula is C98H76B2N2O2. The van der Waals surface area contributed by atoms with Gasteiger partial charge in [0.1, 0.15) is 23.0 Å². The van der Waals surface area contributed by atoms with Crippen molar-refractivity contribution in [3.8, 4) is 67.5 Å². The minimum absolute atomic E-state index is 0.140. The van der Waals surface area contributed by atoms with Crippen molar-refractivity contribution in [1.82, 2.24) is 0 Å². The number of aryl methyl sites for hydroxylation is 6. The zero-order valence-corrected chi connectivity index (χ0v) is 59.4. The Morgan fingerprint density at radius 3 is 0.865 bits per heavy atom. The fourth-order valence-electron chi connectivity index (χ4n) is 16.6. The minimum atomic E-state index is 0.140. The summed E-state index contributed by atoms with van der Waals surface area (Å²) >= 11 is 0. The van der Waals surface area contributed by atoms with Crippen molar-refractivity contribution in [3.05, 3.63) is 385 Å². The maximum atomic E-state index is 6.79. The van der Waals surface area contributed by atoms with Crippen LogP contribution in [-0.2, 0) is 0 Å². The first-order valence-corrected chi connectivity index (χ1v) is 36.1. The van der Waals surface area contributed by atoms with Gasteiger partial charge in [-0.3, -0.25) is 0 Å². The molecule has 2 heterocycles. The van der Waals surface area contributed by atoms with Gasteiger partial charge in [-0.05, 0) is 171 Å². The van der Waals surface area contributed by atoms with E-state index < -0.39 is 0 Å². The molecule has 2 aliphatic rings. The third-order valence-corrected chi connectivity index (χ3v) is 21.0. The van der Waals surface area contributed by atoms with Gasteiger partial charge >= 0.3 is 0 Å². The summed E-state index contributed by atoms with van der Waals surface area (Å²) in [5.41, 5.74) is 31.8. The molecular weight excluding hydrogens is 1260 g/mol. The van der Waals surface area contributed by atoms with Crippen molar-refractivity contribution in [2.75, 3.05) is 9.80 Å². The van der Waals surface area contributed by atoms with Crippen molar-refractivity contribution in [3.63, 3.8) is 0 Å². The van der Waals surface area contributed by atoms with Gasteiger partial charge in [-0.25, -0.2) is 0 Å². The SMILES string of the molecule is Cc1cc(C)c(B(c2ccc(-c3ccc4c5c(cccc35)Oc3cc(N(c5ccccc5)c5ccccc5)ccc3-4)cc2)c2c(C)cc(C)cc2C)c(C)c1.c1ccc(B(c2ccccc2)c2ccc(-c3ccc4c5c(cccc35)Oc3cc(N(c5ccccc5)c5ccccc5)ccc3-4)cc2)cc1. The van der Waals surface area contributed by atoms with Crippen LogP contribution in [0.5, 0.6) is 23.0 Å². The van der Waals surface area contributed by atoms with Crippen LogP contribution < -0.4 is 52.1 Å². The molecule has 4 nitrogen and oxygen atoms in total. The van der Waals surface area contributed by atoms with Crippen molar-refractivity contribution < 1.29 is 9.47 Å². The second-order valence-electron chi connectivity index (χ2n) is 27.8. The Kier molecular flexibility index (Phi) is 17.3. The van der Waals surface area contributed by atoms with Gasteiger partial charge in [-0.2, -0.15) is 0 Å². The van der Waals surface area contributed by atoms with Crippen LogP contribution in [-0.4, -0.2) is 13.4 Å². The standard InChI is InChI=1S/C52H44BNO.C46H32BNO/c1-33-28-35(3)51(36(4)29-33)53(52-37(5)30-34(2)31-38(52)6)40-22-20-39(21-23-40)44-26-27-47-45-25-24-43(32-49(45)55-48-19-13-18-46(44)50(47)48)54(41-14-9-7-10-15-41)42-16-11-8-12-17-42;1-5-14-34(15-6-1)47(35-16-7-2-8-17-35)36-26-24-33(25-27-36)40-30-31-43-41-29-28-39(32-45(41)49-44-23-13-22-42(40)46(43)44)48(37-18-9-3-10-19-37)38-20-11-4-12-21-38/h7-32H,1-6H3;1-32H. The van der Waals surface area contributed by atoms with Crippen LogP contribution in [0.25, 0.3) is 66.1 Å². The van der Waals surface area contributed by atoms with E-state index in [2.05, 4.69) is 403 Å². The van der Waals surface area contributed by atoms with Crippen LogP contribution in [0.2, 0.25) is 0 Å². The van der Waals surface area contributed by atoms with Crippen LogP contribution >= 0.6 is 0 Å². The molecule has 104 heavy (non-hydrogen) atoms. The van der Waals surface area contributed by atoms with Crippen LogP contribution in [0, 0.1) is 41.5 Å². The lowest BCUT2D eigenvalue weighted by Gasteiger charge is -2.28. The molecule has 0 N–H and O–H groups in total. The predicted molar refractivity (Wildman–Crippen MR) is 443 cm³/mol. The molecule has 18 rings (SSSR count). The van der Waals surface area contributed by atoms with Crippen molar-refractivity contribution in [1.29, 1.82) is 0 Å². The predicted octanol–water partition coefficient (Wildman–Crippen LogP) is 22.4. The number of hydrogen-bond acceptors (Lipinski definition) is 4. The van der Waals surface area contributed by atoms with Gasteiger partial charge in [0.2, 0.25) is 13.4 Å². The highest BCUT2D eigenvalue weighted by Crippen LogP contribution is 2.53. The Hall–Kier alpha value is -12.6. The molecule has 0 aliphatic carbocycles. The lowest BCUT2D eigenvalue weighted by atomic mass is 9.34. The van der Waals surface area contributed by atoms with Crippen LogP contribution in [0.4, 0.5) is 34.1 Å². The van der Waals surface area contributed by atoms with E-state index in [1.807, 2.05) is 0 Å². The molecule has 0 amide bonds. The molecule has 0 fully saturated rings. The summed E-state index contributed by atoms with van der Waals surface area (Å²) in [5, 5.41) is 4.69. The van der Waals surface area contributed by atoms with E-state index in [1.54, 1.807) is 0 Å². The number of ether oxygens (including phenoxy) is 2. The quantitative estimate of drug-likeness (QED) is 0.101. The first-order chi connectivity index (χ1) is 51.1. The lowest BCUT2D eigenvalue weighted by Crippen LogP contribution is -2.55. The minimum Gasteiger partial charge on any atom is -0.456 e. The zero-order chi connectivity index (χ0) is 70.4. The van der Waals surface area contributed by atoms with Crippen LogP contribution in [0.15, 0.2) is 352 Å². The van der Waals surface area contributed by atoms with Crippen molar-refractivity contribution in [2.45, 2.75) is 41.5 Å². The summed E-state index contributed by atoms with van der Waals surface area (Å²) in [6.45, 7) is 13.8. The fraction of sp³-hybridized carbons (Fsp3) is 0.0612. The monoisotopic (exact) mass is 1330 g/mol. The summed E-state index contributed by atoms with van der Waals surface area (Å²) in [5.74, 6) is 3.49. The van der Waals surface area contributed by atoms with Gasteiger partial charge in [0.15, 0.2) is 0 Å². The summed E-state index contributed by atoms with van der Waals surface area (Å²) in [7, 11) is 0. The van der Waals surface area contributed by atoms with Crippen molar-refractivity contribution >= 4 is 102 Å². The number of nitrogens with zero attached hydrogens (tertiary/aromatic N) is 2. The Morgan fingerprint density at radius 1 is 0.221 bits per heavy atom. The molecule has 2 aliphatic heterocycles. The number of anilines is 6. The maximum absolute atomic E-state index is 6.79. The molecule has 6 heteroatoms. The third-order valence-electron chi connectivity index (χ3n) is 21.0. The Bertz CT molecular complexity index is 5630. The third kappa shape index (κ3) is 12.2. The highest BCUT2D eigenvalue weighted by atomic mass is 16.5. The number of benzene rings is 16. The Balaban J connectivity index is 0.000000155.